The first-order valence-corrected chi connectivity index (χ1v) is 6.55. The van der Waals surface area contributed by atoms with E-state index in [1.165, 1.54) is 12.1 Å². The van der Waals surface area contributed by atoms with Gasteiger partial charge in [0.2, 0.25) is 0 Å². The molecule has 0 heterocycles. The number of amides is 1. The lowest BCUT2D eigenvalue weighted by Crippen LogP contribution is -2.24. The topological polar surface area (TPSA) is 92.4 Å². The number of nitrogen functional groups attached to an aromatic ring is 1. The Balaban J connectivity index is 2.20. The zero-order chi connectivity index (χ0) is 15.0. The fourth-order valence-corrected chi connectivity index (χ4v) is 1.73. The summed E-state index contributed by atoms with van der Waals surface area (Å²) in [7, 11) is 0. The van der Waals surface area contributed by atoms with Gasteiger partial charge in [-0.2, -0.15) is 0 Å². The van der Waals surface area contributed by atoms with E-state index in [2.05, 4.69) is 5.32 Å². The van der Waals surface area contributed by atoms with Gasteiger partial charge in [0, 0.05) is 18.5 Å². The fraction of sp³-hybridized carbons (Fsp3) is 0.429. The van der Waals surface area contributed by atoms with Crippen LogP contribution in [0.2, 0.25) is 0 Å². The van der Waals surface area contributed by atoms with Crippen LogP contribution in [0, 0.1) is 5.82 Å². The van der Waals surface area contributed by atoms with Gasteiger partial charge in [-0.3, -0.25) is 9.59 Å². The number of aliphatic carboxylic acids is 1. The molecule has 4 N–H and O–H groups in total. The highest BCUT2D eigenvalue weighted by molar-refractivity contribution is 5.94. The van der Waals surface area contributed by atoms with Gasteiger partial charge in [0.05, 0.1) is 5.69 Å². The van der Waals surface area contributed by atoms with Gasteiger partial charge in [-0.15, -0.1) is 0 Å². The van der Waals surface area contributed by atoms with Crippen LogP contribution in [0.15, 0.2) is 18.2 Å². The first kappa shape index (κ1) is 15.9. The van der Waals surface area contributed by atoms with Crippen LogP contribution in [0.4, 0.5) is 10.1 Å². The average Bonchev–Trinajstić information content (AvgIpc) is 2.40. The summed E-state index contributed by atoms with van der Waals surface area (Å²) < 4.78 is 13.2. The predicted molar refractivity (Wildman–Crippen MR) is 73.9 cm³/mol. The lowest BCUT2D eigenvalue weighted by atomic mass is 10.1. The second-order valence-corrected chi connectivity index (χ2v) is 4.55. The number of carbonyl (C=O) groups is 2. The van der Waals surface area contributed by atoms with Gasteiger partial charge in [-0.1, -0.05) is 12.8 Å². The molecule has 0 aliphatic heterocycles. The molecule has 5 nitrogen and oxygen atoms in total. The Morgan fingerprint density at radius 3 is 2.55 bits per heavy atom. The number of nitrogens with two attached hydrogens (primary N) is 1. The largest absolute Gasteiger partial charge is 0.481 e. The van der Waals surface area contributed by atoms with Crippen molar-refractivity contribution >= 4 is 17.6 Å². The molecule has 0 radical (unpaired) electrons. The third-order valence-corrected chi connectivity index (χ3v) is 2.87. The summed E-state index contributed by atoms with van der Waals surface area (Å²) >= 11 is 0. The van der Waals surface area contributed by atoms with E-state index in [0.29, 0.717) is 13.0 Å². The zero-order valence-electron chi connectivity index (χ0n) is 11.2. The number of carboxylic acid groups (broad SMARTS) is 1. The minimum absolute atomic E-state index is 0.0139. The molecule has 110 valence electrons. The zero-order valence-corrected chi connectivity index (χ0v) is 11.2. The Morgan fingerprint density at radius 2 is 1.90 bits per heavy atom. The SMILES string of the molecule is Nc1ccc(C(=O)NCCCCCCC(=O)O)cc1F. The van der Waals surface area contributed by atoms with E-state index in [1.54, 1.807) is 0 Å². The van der Waals surface area contributed by atoms with E-state index < -0.39 is 11.8 Å². The summed E-state index contributed by atoms with van der Waals surface area (Å²) in [5, 5.41) is 11.1. The van der Waals surface area contributed by atoms with E-state index in [4.69, 9.17) is 10.8 Å². The van der Waals surface area contributed by atoms with E-state index in [-0.39, 0.29) is 23.6 Å². The molecule has 6 heteroatoms. The van der Waals surface area contributed by atoms with Gasteiger partial charge >= 0.3 is 5.97 Å². The highest BCUT2D eigenvalue weighted by Crippen LogP contribution is 2.11. The number of benzene rings is 1. The van der Waals surface area contributed by atoms with Crippen molar-refractivity contribution in [1.82, 2.24) is 5.32 Å². The maximum atomic E-state index is 13.2. The van der Waals surface area contributed by atoms with Crippen molar-refractivity contribution in [1.29, 1.82) is 0 Å². The van der Waals surface area contributed by atoms with Crippen LogP contribution in [-0.4, -0.2) is 23.5 Å². The number of unbranched alkanes of at least 4 members (excludes halogenated alkanes) is 3. The van der Waals surface area contributed by atoms with E-state index in [9.17, 15) is 14.0 Å². The molecule has 1 aromatic carbocycles. The van der Waals surface area contributed by atoms with Crippen LogP contribution in [0.1, 0.15) is 42.5 Å². The molecule has 0 aliphatic carbocycles. The summed E-state index contributed by atoms with van der Waals surface area (Å²) in [4.78, 5) is 22.0. The third kappa shape index (κ3) is 5.69. The summed E-state index contributed by atoms with van der Waals surface area (Å²) in [5.41, 5.74) is 5.58. The minimum Gasteiger partial charge on any atom is -0.481 e. The molecule has 1 aromatic rings. The second kappa shape index (κ2) is 8.14. The number of nitrogens with one attached hydrogen (secondary N) is 1. The van der Waals surface area contributed by atoms with Crippen LogP contribution in [0.25, 0.3) is 0 Å². The Labute approximate surface area is 117 Å². The molecule has 0 fully saturated rings. The standard InChI is InChI=1S/C14H19FN2O3/c15-11-9-10(6-7-12(11)16)14(20)17-8-4-2-1-3-5-13(18)19/h6-7,9H,1-5,8,16H2,(H,17,20)(H,18,19). The molecule has 20 heavy (non-hydrogen) atoms. The predicted octanol–water partition coefficient (Wildman–Crippen LogP) is 2.17. The molecule has 0 saturated carbocycles. The van der Waals surface area contributed by atoms with Crippen LogP contribution >= 0.6 is 0 Å². The molecule has 0 spiro atoms. The van der Waals surface area contributed by atoms with Gasteiger partial charge < -0.3 is 16.2 Å². The van der Waals surface area contributed by atoms with Crippen molar-refractivity contribution in [3.8, 4) is 0 Å². The molecule has 0 unspecified atom stereocenters. The number of hydrogen-bond donors (Lipinski definition) is 3. The number of carboxylic acids is 1. The number of anilines is 1. The average molecular weight is 282 g/mol. The van der Waals surface area contributed by atoms with Crippen molar-refractivity contribution in [2.24, 2.45) is 0 Å². The van der Waals surface area contributed by atoms with Crippen molar-refractivity contribution in [3.05, 3.63) is 29.6 Å². The Bertz CT molecular complexity index is 477. The number of halogens is 1. The lowest BCUT2D eigenvalue weighted by Gasteiger charge is -2.06. The minimum atomic E-state index is -0.788. The Hall–Kier alpha value is -2.11. The second-order valence-electron chi connectivity index (χ2n) is 4.55. The maximum absolute atomic E-state index is 13.2. The normalized spacial score (nSPS) is 10.2. The fourth-order valence-electron chi connectivity index (χ4n) is 1.73. The van der Waals surface area contributed by atoms with Crippen molar-refractivity contribution in [3.63, 3.8) is 0 Å². The number of carbonyl (C=O) groups excluding carboxylic acids is 1. The Morgan fingerprint density at radius 1 is 1.20 bits per heavy atom. The highest BCUT2D eigenvalue weighted by Gasteiger charge is 2.07. The Kier molecular flexibility index (Phi) is 6.49. The third-order valence-electron chi connectivity index (χ3n) is 2.87. The lowest BCUT2D eigenvalue weighted by molar-refractivity contribution is -0.137. The van der Waals surface area contributed by atoms with Crippen molar-refractivity contribution < 1.29 is 19.1 Å². The van der Waals surface area contributed by atoms with Crippen molar-refractivity contribution in [2.45, 2.75) is 32.1 Å². The number of hydrogen-bond acceptors (Lipinski definition) is 3. The van der Waals surface area contributed by atoms with E-state index in [0.717, 1.165) is 25.3 Å². The molecule has 0 aromatic heterocycles. The van der Waals surface area contributed by atoms with Crippen molar-refractivity contribution in [2.75, 3.05) is 12.3 Å². The molecular formula is C14H19FN2O3. The van der Waals surface area contributed by atoms with Crippen LogP contribution in [0.5, 0.6) is 0 Å². The maximum Gasteiger partial charge on any atom is 0.303 e. The molecule has 0 bridgehead atoms. The van der Waals surface area contributed by atoms with Gasteiger partial charge in [-0.05, 0) is 31.0 Å². The molecule has 1 amide bonds. The molecule has 0 saturated heterocycles. The summed E-state index contributed by atoms with van der Waals surface area (Å²) in [5.74, 6) is -1.73. The summed E-state index contributed by atoms with van der Waals surface area (Å²) in [6.07, 6.45) is 3.26. The molecular weight excluding hydrogens is 263 g/mol. The van der Waals surface area contributed by atoms with Crippen LogP contribution in [-0.2, 0) is 4.79 Å². The molecule has 0 aliphatic rings. The van der Waals surface area contributed by atoms with Gasteiger partial charge in [-0.25, -0.2) is 4.39 Å². The molecule has 0 atom stereocenters. The summed E-state index contributed by atoms with van der Waals surface area (Å²) in [6.45, 7) is 0.484. The first-order valence-electron chi connectivity index (χ1n) is 6.55. The highest BCUT2D eigenvalue weighted by atomic mass is 19.1. The smallest absolute Gasteiger partial charge is 0.303 e. The van der Waals surface area contributed by atoms with E-state index >= 15 is 0 Å². The monoisotopic (exact) mass is 282 g/mol. The van der Waals surface area contributed by atoms with Gasteiger partial charge in [0.15, 0.2) is 0 Å². The van der Waals surface area contributed by atoms with Crippen LogP contribution in [0.3, 0.4) is 0 Å². The molecule has 1 rings (SSSR count). The summed E-state index contributed by atoms with van der Waals surface area (Å²) in [6, 6.07) is 3.94. The van der Waals surface area contributed by atoms with Gasteiger partial charge in [0.25, 0.3) is 5.91 Å². The number of rotatable bonds is 8. The van der Waals surface area contributed by atoms with Crippen LogP contribution < -0.4 is 11.1 Å². The van der Waals surface area contributed by atoms with Gasteiger partial charge in [0.1, 0.15) is 5.82 Å². The quantitative estimate of drug-likeness (QED) is 0.503. The van der Waals surface area contributed by atoms with E-state index in [1.807, 2.05) is 0 Å². The first-order chi connectivity index (χ1) is 9.50.